The van der Waals surface area contributed by atoms with Crippen molar-refractivity contribution in [3.63, 3.8) is 0 Å². The first-order valence-electron chi connectivity index (χ1n) is 4.09. The Bertz CT molecular complexity index is 303. The van der Waals surface area contributed by atoms with Crippen LogP contribution in [0.1, 0.15) is 12.7 Å². The lowest BCUT2D eigenvalue weighted by Crippen LogP contribution is -2.22. The summed E-state index contributed by atoms with van der Waals surface area (Å²) < 4.78 is 6.06. The molecule has 0 aromatic carbocycles. The molecule has 0 aliphatic carbocycles. The van der Waals surface area contributed by atoms with E-state index in [0.29, 0.717) is 13.1 Å². The van der Waals surface area contributed by atoms with Crippen LogP contribution in [-0.2, 0) is 6.54 Å². The minimum atomic E-state index is 0.439. The topological polar surface area (TPSA) is 40.2 Å². The minimum absolute atomic E-state index is 0.439. The van der Waals surface area contributed by atoms with Gasteiger partial charge in [0.15, 0.2) is 4.67 Å². The van der Waals surface area contributed by atoms with Crippen LogP contribution in [0.2, 0.25) is 0 Å². The van der Waals surface area contributed by atoms with Gasteiger partial charge in [-0.3, -0.25) is 4.90 Å². The number of nitriles is 1. The molecule has 0 saturated heterocycles. The van der Waals surface area contributed by atoms with Crippen LogP contribution in [0.4, 0.5) is 0 Å². The van der Waals surface area contributed by atoms with Crippen LogP contribution in [0.3, 0.4) is 0 Å². The lowest BCUT2D eigenvalue weighted by atomic mass is 10.4. The summed E-state index contributed by atoms with van der Waals surface area (Å²) in [6.45, 7) is 4.01. The molecule has 1 heterocycles. The maximum atomic E-state index is 8.52. The second-order valence-corrected chi connectivity index (χ2v) is 3.45. The molecular formula is C9H11BrN2O. The molecule has 0 amide bonds. The summed E-state index contributed by atoms with van der Waals surface area (Å²) in [5.74, 6) is 0.879. The van der Waals surface area contributed by atoms with E-state index >= 15 is 0 Å². The Labute approximate surface area is 86.1 Å². The number of halogens is 1. The molecular weight excluding hydrogens is 232 g/mol. The molecule has 0 N–H and O–H groups in total. The average Bonchev–Trinajstić information content (AvgIpc) is 2.50. The molecule has 13 heavy (non-hydrogen) atoms. The van der Waals surface area contributed by atoms with Gasteiger partial charge in [0.05, 0.1) is 19.2 Å². The fourth-order valence-electron chi connectivity index (χ4n) is 1.04. The molecule has 1 rings (SSSR count). The molecule has 0 fully saturated rings. The zero-order valence-electron chi connectivity index (χ0n) is 7.46. The van der Waals surface area contributed by atoms with Crippen molar-refractivity contribution in [1.82, 2.24) is 4.90 Å². The van der Waals surface area contributed by atoms with Crippen LogP contribution in [0, 0.1) is 11.3 Å². The van der Waals surface area contributed by atoms with E-state index in [0.717, 1.165) is 17.0 Å². The molecule has 0 radical (unpaired) electrons. The number of rotatable bonds is 4. The number of hydrogen-bond acceptors (Lipinski definition) is 3. The van der Waals surface area contributed by atoms with E-state index in [-0.39, 0.29) is 0 Å². The first-order chi connectivity index (χ1) is 6.26. The summed E-state index contributed by atoms with van der Waals surface area (Å²) in [5, 5.41) is 8.52. The normalized spacial score (nSPS) is 10.3. The van der Waals surface area contributed by atoms with E-state index in [1.54, 1.807) is 0 Å². The minimum Gasteiger partial charge on any atom is -0.453 e. The van der Waals surface area contributed by atoms with Crippen molar-refractivity contribution in [2.45, 2.75) is 13.5 Å². The molecule has 3 nitrogen and oxygen atoms in total. The van der Waals surface area contributed by atoms with Crippen molar-refractivity contribution in [2.75, 3.05) is 13.1 Å². The molecule has 4 heteroatoms. The van der Waals surface area contributed by atoms with Crippen molar-refractivity contribution in [1.29, 1.82) is 5.26 Å². The third-order valence-electron chi connectivity index (χ3n) is 1.75. The standard InChI is InChI=1S/C9H11BrN2O/c1-2-12(6-5-11)7-8-3-4-9(10)13-8/h3-4H,2,6-7H2,1H3. The molecule has 0 aliphatic rings. The first-order valence-corrected chi connectivity index (χ1v) is 4.89. The van der Waals surface area contributed by atoms with Gasteiger partial charge in [-0.2, -0.15) is 5.26 Å². The molecule has 0 aliphatic heterocycles. The summed E-state index contributed by atoms with van der Waals surface area (Å²) >= 11 is 3.23. The van der Waals surface area contributed by atoms with Crippen molar-refractivity contribution < 1.29 is 4.42 Å². The van der Waals surface area contributed by atoms with Gasteiger partial charge in [0.2, 0.25) is 0 Å². The summed E-state index contributed by atoms with van der Waals surface area (Å²) in [4.78, 5) is 2.01. The molecule has 1 aromatic heterocycles. The van der Waals surface area contributed by atoms with Gasteiger partial charge in [0, 0.05) is 0 Å². The Morgan fingerprint density at radius 2 is 2.38 bits per heavy atom. The third-order valence-corrected chi connectivity index (χ3v) is 2.18. The number of hydrogen-bond donors (Lipinski definition) is 0. The fourth-order valence-corrected chi connectivity index (χ4v) is 1.38. The van der Waals surface area contributed by atoms with Crippen molar-refractivity contribution in [3.8, 4) is 6.07 Å². The molecule has 0 unspecified atom stereocenters. The van der Waals surface area contributed by atoms with Gasteiger partial charge in [-0.25, -0.2) is 0 Å². The maximum Gasteiger partial charge on any atom is 0.169 e. The van der Waals surface area contributed by atoms with E-state index in [2.05, 4.69) is 22.0 Å². The zero-order chi connectivity index (χ0) is 9.68. The highest BCUT2D eigenvalue weighted by atomic mass is 79.9. The van der Waals surface area contributed by atoms with Crippen molar-refractivity contribution in [2.24, 2.45) is 0 Å². The molecule has 0 bridgehead atoms. The van der Waals surface area contributed by atoms with E-state index in [1.165, 1.54) is 0 Å². The number of furan rings is 1. The summed E-state index contributed by atoms with van der Waals surface area (Å²) in [5.41, 5.74) is 0. The molecule has 0 spiro atoms. The van der Waals surface area contributed by atoms with E-state index < -0.39 is 0 Å². The Kier molecular flexibility index (Phi) is 4.00. The number of nitrogens with zero attached hydrogens (tertiary/aromatic N) is 2. The quantitative estimate of drug-likeness (QED) is 0.762. The first kappa shape index (κ1) is 10.3. The van der Waals surface area contributed by atoms with Crippen molar-refractivity contribution in [3.05, 3.63) is 22.6 Å². The average molecular weight is 243 g/mol. The Morgan fingerprint density at radius 3 is 2.85 bits per heavy atom. The predicted octanol–water partition coefficient (Wildman–Crippen LogP) is 2.39. The van der Waals surface area contributed by atoms with Gasteiger partial charge in [-0.15, -0.1) is 0 Å². The van der Waals surface area contributed by atoms with Crippen LogP contribution in [0.15, 0.2) is 21.2 Å². The van der Waals surface area contributed by atoms with Crippen LogP contribution < -0.4 is 0 Å². The zero-order valence-corrected chi connectivity index (χ0v) is 9.04. The van der Waals surface area contributed by atoms with Crippen LogP contribution in [0.5, 0.6) is 0 Å². The van der Waals surface area contributed by atoms with Gasteiger partial charge in [-0.05, 0) is 34.6 Å². The summed E-state index contributed by atoms with van der Waals surface area (Å²) in [7, 11) is 0. The molecule has 0 saturated carbocycles. The second-order valence-electron chi connectivity index (χ2n) is 2.67. The molecule has 0 atom stereocenters. The second kappa shape index (κ2) is 5.05. The Hall–Kier alpha value is -0.790. The highest BCUT2D eigenvalue weighted by Gasteiger charge is 2.05. The highest BCUT2D eigenvalue weighted by Crippen LogP contribution is 2.15. The monoisotopic (exact) mass is 242 g/mol. The van der Waals surface area contributed by atoms with Crippen molar-refractivity contribution >= 4 is 15.9 Å². The summed E-state index contributed by atoms with van der Waals surface area (Å²) in [6, 6.07) is 5.88. The summed E-state index contributed by atoms with van der Waals surface area (Å²) in [6.07, 6.45) is 0. The van der Waals surface area contributed by atoms with Crippen LogP contribution in [0.25, 0.3) is 0 Å². The smallest absolute Gasteiger partial charge is 0.169 e. The van der Waals surface area contributed by atoms with E-state index in [1.807, 2.05) is 24.0 Å². The molecule has 70 valence electrons. The van der Waals surface area contributed by atoms with E-state index in [9.17, 15) is 0 Å². The van der Waals surface area contributed by atoms with E-state index in [4.69, 9.17) is 9.68 Å². The lowest BCUT2D eigenvalue weighted by molar-refractivity contribution is 0.282. The van der Waals surface area contributed by atoms with Crippen LogP contribution >= 0.6 is 15.9 Å². The third kappa shape index (κ3) is 3.21. The predicted molar refractivity (Wildman–Crippen MR) is 53.0 cm³/mol. The van der Waals surface area contributed by atoms with Gasteiger partial charge in [0.25, 0.3) is 0 Å². The lowest BCUT2D eigenvalue weighted by Gasteiger charge is -2.13. The SMILES string of the molecule is CCN(CC#N)Cc1ccc(Br)o1. The maximum absolute atomic E-state index is 8.52. The van der Waals surface area contributed by atoms with Gasteiger partial charge < -0.3 is 4.42 Å². The largest absolute Gasteiger partial charge is 0.453 e. The van der Waals surface area contributed by atoms with Crippen LogP contribution in [-0.4, -0.2) is 18.0 Å². The van der Waals surface area contributed by atoms with Gasteiger partial charge >= 0.3 is 0 Å². The van der Waals surface area contributed by atoms with Gasteiger partial charge in [0.1, 0.15) is 5.76 Å². The van der Waals surface area contributed by atoms with Gasteiger partial charge in [-0.1, -0.05) is 6.92 Å². The Balaban J connectivity index is 2.52. The Morgan fingerprint density at radius 1 is 1.62 bits per heavy atom. The highest BCUT2D eigenvalue weighted by molar-refractivity contribution is 9.10. The molecule has 1 aromatic rings. The fraction of sp³-hybridized carbons (Fsp3) is 0.444.